The van der Waals surface area contributed by atoms with Gasteiger partial charge in [-0.1, -0.05) is 6.92 Å². The Bertz CT molecular complexity index is 149. The van der Waals surface area contributed by atoms with Crippen molar-refractivity contribution in [1.29, 1.82) is 0 Å². The third-order valence-corrected chi connectivity index (χ3v) is 3.43. The van der Waals surface area contributed by atoms with Crippen molar-refractivity contribution in [1.82, 2.24) is 4.90 Å². The molecule has 0 aromatic carbocycles. The van der Waals surface area contributed by atoms with Crippen LogP contribution in [0.4, 0.5) is 0 Å². The molecule has 0 radical (unpaired) electrons. The number of ether oxygens (including phenoxy) is 1. The van der Waals surface area contributed by atoms with Crippen molar-refractivity contribution in [3.63, 3.8) is 0 Å². The van der Waals surface area contributed by atoms with Gasteiger partial charge in [0.05, 0.1) is 0 Å². The molecule has 15 heavy (non-hydrogen) atoms. The molecule has 1 rings (SSSR count). The topological polar surface area (TPSA) is 12.5 Å². The van der Waals surface area contributed by atoms with Crippen molar-refractivity contribution in [3.05, 3.63) is 0 Å². The molecule has 0 bridgehead atoms. The molecule has 1 aliphatic heterocycles. The molecule has 0 aromatic heterocycles. The lowest BCUT2D eigenvalue weighted by Gasteiger charge is -2.19. The second-order valence-electron chi connectivity index (χ2n) is 4.93. The Morgan fingerprint density at radius 1 is 1.13 bits per heavy atom. The maximum Gasteiger partial charge on any atom is 0.0462 e. The van der Waals surface area contributed by atoms with Crippen LogP contribution < -0.4 is 0 Å². The molecule has 0 aromatic rings. The van der Waals surface area contributed by atoms with Gasteiger partial charge >= 0.3 is 0 Å². The zero-order valence-electron chi connectivity index (χ0n) is 10.5. The monoisotopic (exact) mass is 213 g/mol. The molecule has 1 unspecified atom stereocenters. The Balaban J connectivity index is 2.00. The summed E-state index contributed by atoms with van der Waals surface area (Å²) < 4.78 is 5.05. The van der Waals surface area contributed by atoms with Crippen LogP contribution in [0, 0.1) is 5.92 Å². The van der Waals surface area contributed by atoms with Crippen LogP contribution >= 0.6 is 0 Å². The van der Waals surface area contributed by atoms with Gasteiger partial charge in [-0.05, 0) is 64.1 Å². The van der Waals surface area contributed by atoms with Crippen LogP contribution in [-0.2, 0) is 4.74 Å². The highest BCUT2D eigenvalue weighted by atomic mass is 16.5. The summed E-state index contributed by atoms with van der Waals surface area (Å²) in [7, 11) is 1.79. The summed E-state index contributed by atoms with van der Waals surface area (Å²) in [5, 5.41) is 0. The maximum absolute atomic E-state index is 5.05. The third-order valence-electron chi connectivity index (χ3n) is 3.43. The highest BCUT2D eigenvalue weighted by Gasteiger charge is 2.12. The van der Waals surface area contributed by atoms with E-state index in [2.05, 4.69) is 11.8 Å². The van der Waals surface area contributed by atoms with Crippen LogP contribution in [0.3, 0.4) is 0 Å². The largest absolute Gasteiger partial charge is 0.385 e. The lowest BCUT2D eigenvalue weighted by molar-refractivity contribution is 0.189. The minimum absolute atomic E-state index is 0.928. The Hall–Kier alpha value is -0.0800. The fourth-order valence-corrected chi connectivity index (χ4v) is 2.30. The number of methoxy groups -OCH3 is 1. The van der Waals surface area contributed by atoms with E-state index >= 15 is 0 Å². The lowest BCUT2D eigenvalue weighted by atomic mass is 10.0. The number of unbranched alkanes of at least 4 members (excludes halogenated alkanes) is 2. The van der Waals surface area contributed by atoms with Crippen molar-refractivity contribution >= 4 is 0 Å². The van der Waals surface area contributed by atoms with Gasteiger partial charge in [-0.25, -0.2) is 0 Å². The molecule has 1 heterocycles. The number of likely N-dealkylation sites (tertiary alicyclic amines) is 1. The molecule has 1 saturated heterocycles. The van der Waals surface area contributed by atoms with Gasteiger partial charge in [-0.2, -0.15) is 0 Å². The highest BCUT2D eigenvalue weighted by Crippen LogP contribution is 2.16. The Morgan fingerprint density at radius 3 is 2.80 bits per heavy atom. The molecule has 0 aliphatic carbocycles. The molecule has 1 atom stereocenters. The van der Waals surface area contributed by atoms with Crippen LogP contribution in [0.25, 0.3) is 0 Å². The zero-order valence-corrected chi connectivity index (χ0v) is 10.5. The van der Waals surface area contributed by atoms with Crippen LogP contribution in [-0.4, -0.2) is 38.3 Å². The van der Waals surface area contributed by atoms with Crippen molar-refractivity contribution in [2.75, 3.05) is 33.4 Å². The molecule has 1 aliphatic rings. The van der Waals surface area contributed by atoms with Crippen LogP contribution in [0.1, 0.15) is 45.4 Å². The summed E-state index contributed by atoms with van der Waals surface area (Å²) in [6.07, 6.45) is 8.12. The summed E-state index contributed by atoms with van der Waals surface area (Å²) in [5.41, 5.74) is 0. The standard InChI is InChI=1S/C13H27NO/c1-13-7-6-10-14(11-8-13)9-4-3-5-12-15-2/h13H,3-12H2,1-2H3. The van der Waals surface area contributed by atoms with E-state index in [0.717, 1.165) is 12.5 Å². The Labute approximate surface area is 95.0 Å². The van der Waals surface area contributed by atoms with E-state index in [1.807, 2.05) is 0 Å². The summed E-state index contributed by atoms with van der Waals surface area (Å²) >= 11 is 0. The first-order valence-electron chi connectivity index (χ1n) is 6.54. The normalized spacial score (nSPS) is 24.0. The average Bonchev–Trinajstić information content (AvgIpc) is 2.43. The van der Waals surface area contributed by atoms with E-state index < -0.39 is 0 Å². The average molecular weight is 213 g/mol. The quantitative estimate of drug-likeness (QED) is 0.629. The smallest absolute Gasteiger partial charge is 0.0462 e. The Morgan fingerprint density at radius 2 is 2.00 bits per heavy atom. The van der Waals surface area contributed by atoms with Gasteiger partial charge in [0.1, 0.15) is 0 Å². The van der Waals surface area contributed by atoms with E-state index in [-0.39, 0.29) is 0 Å². The van der Waals surface area contributed by atoms with Crippen LogP contribution in [0.2, 0.25) is 0 Å². The first kappa shape index (κ1) is 13.0. The van der Waals surface area contributed by atoms with Gasteiger partial charge in [0.15, 0.2) is 0 Å². The fourth-order valence-electron chi connectivity index (χ4n) is 2.30. The second-order valence-corrected chi connectivity index (χ2v) is 4.93. The Kier molecular flexibility index (Phi) is 7.03. The van der Waals surface area contributed by atoms with E-state index in [0.29, 0.717) is 0 Å². The lowest BCUT2D eigenvalue weighted by Crippen LogP contribution is -2.25. The summed E-state index contributed by atoms with van der Waals surface area (Å²) in [4.78, 5) is 2.65. The minimum Gasteiger partial charge on any atom is -0.385 e. The number of hydrogen-bond donors (Lipinski definition) is 0. The van der Waals surface area contributed by atoms with Crippen LogP contribution in [0.5, 0.6) is 0 Å². The molecule has 0 N–H and O–H groups in total. The minimum atomic E-state index is 0.928. The molecule has 1 fully saturated rings. The molecule has 90 valence electrons. The first-order chi connectivity index (χ1) is 7.33. The maximum atomic E-state index is 5.05. The van der Waals surface area contributed by atoms with Gasteiger partial charge < -0.3 is 9.64 Å². The van der Waals surface area contributed by atoms with Gasteiger partial charge in [-0.15, -0.1) is 0 Å². The SMILES string of the molecule is COCCCCCN1CCCC(C)CC1. The van der Waals surface area contributed by atoms with Crippen molar-refractivity contribution in [2.45, 2.75) is 45.4 Å². The third kappa shape index (κ3) is 6.16. The molecule has 2 nitrogen and oxygen atoms in total. The predicted molar refractivity (Wildman–Crippen MR) is 65.2 cm³/mol. The summed E-state index contributed by atoms with van der Waals surface area (Å²) in [5.74, 6) is 0.948. The molecular weight excluding hydrogens is 186 g/mol. The van der Waals surface area contributed by atoms with E-state index in [9.17, 15) is 0 Å². The second kappa shape index (κ2) is 8.12. The van der Waals surface area contributed by atoms with Crippen molar-refractivity contribution < 1.29 is 4.74 Å². The molecular formula is C13H27NO. The number of nitrogens with zero attached hydrogens (tertiary/aromatic N) is 1. The summed E-state index contributed by atoms with van der Waals surface area (Å²) in [6.45, 7) is 7.27. The highest BCUT2D eigenvalue weighted by molar-refractivity contribution is 4.67. The van der Waals surface area contributed by atoms with E-state index in [1.54, 1.807) is 7.11 Å². The van der Waals surface area contributed by atoms with Crippen molar-refractivity contribution in [2.24, 2.45) is 5.92 Å². The summed E-state index contributed by atoms with van der Waals surface area (Å²) in [6, 6.07) is 0. The van der Waals surface area contributed by atoms with Crippen molar-refractivity contribution in [3.8, 4) is 0 Å². The number of hydrogen-bond acceptors (Lipinski definition) is 2. The number of rotatable bonds is 6. The van der Waals surface area contributed by atoms with Gasteiger partial charge in [-0.3, -0.25) is 0 Å². The molecule has 0 spiro atoms. The predicted octanol–water partition coefficient (Wildman–Crippen LogP) is 2.93. The molecule has 0 amide bonds. The fraction of sp³-hybridized carbons (Fsp3) is 1.00. The van der Waals surface area contributed by atoms with Gasteiger partial charge in [0, 0.05) is 13.7 Å². The zero-order chi connectivity index (χ0) is 10.9. The molecule has 0 saturated carbocycles. The first-order valence-corrected chi connectivity index (χ1v) is 6.54. The van der Waals surface area contributed by atoms with Crippen LogP contribution in [0.15, 0.2) is 0 Å². The van der Waals surface area contributed by atoms with E-state index in [1.165, 1.54) is 58.2 Å². The van der Waals surface area contributed by atoms with Gasteiger partial charge in [0.25, 0.3) is 0 Å². The molecule has 2 heteroatoms. The van der Waals surface area contributed by atoms with Gasteiger partial charge in [0.2, 0.25) is 0 Å². The van der Waals surface area contributed by atoms with E-state index in [4.69, 9.17) is 4.74 Å².